The lowest BCUT2D eigenvalue weighted by Crippen LogP contribution is -2.29. The van der Waals surface area contributed by atoms with E-state index in [9.17, 15) is 4.79 Å². The van der Waals surface area contributed by atoms with Crippen molar-refractivity contribution in [2.45, 2.75) is 32.2 Å². The first-order chi connectivity index (χ1) is 11.3. The van der Waals surface area contributed by atoms with Gasteiger partial charge in [-0.15, -0.1) is 0 Å². The minimum absolute atomic E-state index is 0.186. The molecule has 1 aromatic carbocycles. The van der Waals surface area contributed by atoms with Crippen LogP contribution in [0.2, 0.25) is 0 Å². The molecule has 23 heavy (non-hydrogen) atoms. The molecule has 1 fully saturated rings. The SMILES string of the molecule is CCOc1ccccc1CCC(=O)N1CC[C@@H](n2nccn2)C1. The van der Waals surface area contributed by atoms with Gasteiger partial charge in [0.25, 0.3) is 0 Å². The third-order valence-electron chi connectivity index (χ3n) is 4.16. The minimum Gasteiger partial charge on any atom is -0.494 e. The molecule has 122 valence electrons. The number of nitrogens with zero attached hydrogens (tertiary/aromatic N) is 4. The summed E-state index contributed by atoms with van der Waals surface area (Å²) >= 11 is 0. The highest BCUT2D eigenvalue weighted by Gasteiger charge is 2.28. The van der Waals surface area contributed by atoms with Gasteiger partial charge in [0.1, 0.15) is 5.75 Å². The van der Waals surface area contributed by atoms with Crippen LogP contribution >= 0.6 is 0 Å². The molecule has 2 heterocycles. The first-order valence-electron chi connectivity index (χ1n) is 8.12. The van der Waals surface area contributed by atoms with Crippen LogP contribution in [0, 0.1) is 0 Å². The van der Waals surface area contributed by atoms with Crippen molar-refractivity contribution in [2.75, 3.05) is 19.7 Å². The summed E-state index contributed by atoms with van der Waals surface area (Å²) in [6.45, 7) is 4.07. The molecule has 2 aromatic rings. The Morgan fingerprint density at radius 1 is 1.30 bits per heavy atom. The van der Waals surface area contributed by atoms with E-state index in [1.807, 2.05) is 36.1 Å². The number of hydrogen-bond acceptors (Lipinski definition) is 4. The van der Waals surface area contributed by atoms with E-state index in [1.165, 1.54) is 0 Å². The van der Waals surface area contributed by atoms with Gasteiger partial charge in [-0.1, -0.05) is 18.2 Å². The van der Waals surface area contributed by atoms with E-state index in [2.05, 4.69) is 10.2 Å². The summed E-state index contributed by atoms with van der Waals surface area (Å²) in [4.78, 5) is 16.1. The Bertz CT molecular complexity index is 642. The molecule has 6 heteroatoms. The fourth-order valence-electron chi connectivity index (χ4n) is 2.98. The summed E-state index contributed by atoms with van der Waals surface area (Å²) in [7, 11) is 0. The molecule has 6 nitrogen and oxygen atoms in total. The quantitative estimate of drug-likeness (QED) is 0.819. The largest absolute Gasteiger partial charge is 0.494 e. The predicted octanol–water partition coefficient (Wildman–Crippen LogP) is 2.08. The average Bonchev–Trinajstić information content (AvgIpc) is 3.25. The molecule has 0 unspecified atom stereocenters. The van der Waals surface area contributed by atoms with Gasteiger partial charge in [-0.2, -0.15) is 15.0 Å². The van der Waals surface area contributed by atoms with Crippen molar-refractivity contribution in [3.8, 4) is 5.75 Å². The second-order valence-corrected chi connectivity index (χ2v) is 5.67. The van der Waals surface area contributed by atoms with Crippen LogP contribution in [-0.4, -0.2) is 45.5 Å². The van der Waals surface area contributed by atoms with Crippen molar-refractivity contribution < 1.29 is 9.53 Å². The maximum atomic E-state index is 12.4. The van der Waals surface area contributed by atoms with E-state index in [4.69, 9.17) is 4.74 Å². The third kappa shape index (κ3) is 3.70. The highest BCUT2D eigenvalue weighted by Crippen LogP contribution is 2.23. The topological polar surface area (TPSA) is 60.2 Å². The number of likely N-dealkylation sites (tertiary alicyclic amines) is 1. The molecule has 0 radical (unpaired) electrons. The van der Waals surface area contributed by atoms with Crippen LogP contribution in [0.5, 0.6) is 5.75 Å². The number of rotatable bonds is 6. The van der Waals surface area contributed by atoms with Gasteiger partial charge in [0.15, 0.2) is 0 Å². The van der Waals surface area contributed by atoms with Crippen molar-refractivity contribution in [3.05, 3.63) is 42.2 Å². The van der Waals surface area contributed by atoms with E-state index >= 15 is 0 Å². The van der Waals surface area contributed by atoms with Gasteiger partial charge in [0.2, 0.25) is 5.91 Å². The van der Waals surface area contributed by atoms with E-state index in [-0.39, 0.29) is 11.9 Å². The molecule has 1 saturated heterocycles. The van der Waals surface area contributed by atoms with Gasteiger partial charge < -0.3 is 9.64 Å². The zero-order chi connectivity index (χ0) is 16.1. The van der Waals surface area contributed by atoms with Gasteiger partial charge in [-0.25, -0.2) is 0 Å². The minimum atomic E-state index is 0.186. The van der Waals surface area contributed by atoms with Gasteiger partial charge in [-0.3, -0.25) is 4.79 Å². The Labute approximate surface area is 136 Å². The summed E-state index contributed by atoms with van der Waals surface area (Å²) < 4.78 is 5.62. The van der Waals surface area contributed by atoms with Crippen molar-refractivity contribution in [1.29, 1.82) is 0 Å². The Morgan fingerprint density at radius 2 is 2.09 bits per heavy atom. The lowest BCUT2D eigenvalue weighted by Gasteiger charge is -2.17. The number of carbonyl (C=O) groups is 1. The molecule has 1 aromatic heterocycles. The molecule has 0 saturated carbocycles. The monoisotopic (exact) mass is 314 g/mol. The van der Waals surface area contributed by atoms with Crippen molar-refractivity contribution >= 4 is 5.91 Å². The number of ether oxygens (including phenoxy) is 1. The normalized spacial score (nSPS) is 17.4. The van der Waals surface area contributed by atoms with Crippen molar-refractivity contribution in [3.63, 3.8) is 0 Å². The van der Waals surface area contributed by atoms with E-state index < -0.39 is 0 Å². The molecule has 1 aliphatic rings. The van der Waals surface area contributed by atoms with Gasteiger partial charge in [0.05, 0.1) is 25.0 Å². The second kappa shape index (κ2) is 7.26. The molecule has 3 rings (SSSR count). The zero-order valence-corrected chi connectivity index (χ0v) is 13.4. The number of amides is 1. The summed E-state index contributed by atoms with van der Waals surface area (Å²) in [5, 5.41) is 8.34. The van der Waals surface area contributed by atoms with Crippen LogP contribution < -0.4 is 4.74 Å². The highest BCUT2D eigenvalue weighted by atomic mass is 16.5. The predicted molar refractivity (Wildman–Crippen MR) is 86.2 cm³/mol. The fourth-order valence-corrected chi connectivity index (χ4v) is 2.98. The molecule has 0 aliphatic carbocycles. The summed E-state index contributed by atoms with van der Waals surface area (Å²) in [6.07, 6.45) is 5.47. The maximum absolute atomic E-state index is 12.4. The number of para-hydroxylation sites is 1. The van der Waals surface area contributed by atoms with Crippen molar-refractivity contribution in [1.82, 2.24) is 19.9 Å². The molecule has 1 aliphatic heterocycles. The summed E-state index contributed by atoms with van der Waals surface area (Å²) in [5.74, 6) is 1.06. The lowest BCUT2D eigenvalue weighted by molar-refractivity contribution is -0.130. The number of aromatic nitrogens is 3. The number of hydrogen-bond donors (Lipinski definition) is 0. The van der Waals surface area contributed by atoms with Crippen LogP contribution in [0.25, 0.3) is 0 Å². The standard InChI is InChI=1S/C17H22N4O2/c1-2-23-16-6-4-3-5-14(16)7-8-17(22)20-12-9-15(13-20)21-18-10-11-19-21/h3-6,10-11,15H,2,7-9,12-13H2,1H3/t15-/m1/s1. The van der Waals surface area contributed by atoms with Crippen LogP contribution in [0.4, 0.5) is 0 Å². The highest BCUT2D eigenvalue weighted by molar-refractivity contribution is 5.76. The zero-order valence-electron chi connectivity index (χ0n) is 13.4. The smallest absolute Gasteiger partial charge is 0.222 e. The Hall–Kier alpha value is -2.37. The molecule has 0 bridgehead atoms. The second-order valence-electron chi connectivity index (χ2n) is 5.67. The van der Waals surface area contributed by atoms with Gasteiger partial charge in [-0.05, 0) is 31.4 Å². The van der Waals surface area contributed by atoms with Crippen LogP contribution in [0.15, 0.2) is 36.7 Å². The van der Waals surface area contributed by atoms with E-state index in [0.717, 1.165) is 24.3 Å². The van der Waals surface area contributed by atoms with Crippen molar-refractivity contribution in [2.24, 2.45) is 0 Å². The lowest BCUT2D eigenvalue weighted by atomic mass is 10.1. The molecule has 1 amide bonds. The van der Waals surface area contributed by atoms with E-state index in [0.29, 0.717) is 26.0 Å². The number of carbonyl (C=O) groups excluding carboxylic acids is 1. The summed E-state index contributed by atoms with van der Waals surface area (Å²) in [5.41, 5.74) is 1.09. The molecule has 0 spiro atoms. The molecule has 0 N–H and O–H groups in total. The molecular formula is C17H22N4O2. The Kier molecular flexibility index (Phi) is 4.90. The van der Waals surface area contributed by atoms with Gasteiger partial charge >= 0.3 is 0 Å². The fraction of sp³-hybridized carbons (Fsp3) is 0.471. The summed E-state index contributed by atoms with van der Waals surface area (Å²) in [6, 6.07) is 8.12. The number of benzene rings is 1. The average molecular weight is 314 g/mol. The first-order valence-corrected chi connectivity index (χ1v) is 8.12. The van der Waals surface area contributed by atoms with Gasteiger partial charge in [0, 0.05) is 19.5 Å². The van der Waals surface area contributed by atoms with Crippen LogP contribution in [0.1, 0.15) is 31.4 Å². The Morgan fingerprint density at radius 3 is 2.87 bits per heavy atom. The number of aryl methyl sites for hydroxylation is 1. The first kappa shape index (κ1) is 15.5. The maximum Gasteiger partial charge on any atom is 0.222 e. The van der Waals surface area contributed by atoms with Crippen LogP contribution in [0.3, 0.4) is 0 Å². The Balaban J connectivity index is 1.54. The molecule has 1 atom stereocenters. The van der Waals surface area contributed by atoms with E-state index in [1.54, 1.807) is 17.2 Å². The third-order valence-corrected chi connectivity index (χ3v) is 4.16. The molecular weight excluding hydrogens is 292 g/mol. The van der Waals surface area contributed by atoms with Crippen LogP contribution in [-0.2, 0) is 11.2 Å².